The van der Waals surface area contributed by atoms with Gasteiger partial charge in [-0.15, -0.1) is 0 Å². The summed E-state index contributed by atoms with van der Waals surface area (Å²) in [7, 11) is 0.868. The number of methoxy groups -OCH3 is 1. The first kappa shape index (κ1) is 29.1. The zero-order chi connectivity index (χ0) is 28.7. The summed E-state index contributed by atoms with van der Waals surface area (Å²) in [6.45, 7) is 1.22. The summed E-state index contributed by atoms with van der Waals surface area (Å²) in [4.78, 5) is 30.2. The van der Waals surface area contributed by atoms with E-state index >= 15 is 0 Å². The van der Waals surface area contributed by atoms with Crippen molar-refractivity contribution < 1.29 is 22.7 Å². The highest BCUT2D eigenvalue weighted by molar-refractivity contribution is 7.87. The first-order valence-electron chi connectivity index (χ1n) is 13.0. The Bertz CT molecular complexity index is 1390. The van der Waals surface area contributed by atoms with Crippen LogP contribution in [0.4, 0.5) is 10.5 Å². The average Bonchev–Trinajstić information content (AvgIpc) is 2.96. The minimum absolute atomic E-state index is 0.175. The summed E-state index contributed by atoms with van der Waals surface area (Å²) in [6.07, 6.45) is 0.175. The van der Waals surface area contributed by atoms with E-state index in [9.17, 15) is 18.0 Å². The van der Waals surface area contributed by atoms with E-state index in [2.05, 4.69) is 10.0 Å². The van der Waals surface area contributed by atoms with Crippen LogP contribution in [0.1, 0.15) is 17.2 Å². The van der Waals surface area contributed by atoms with E-state index in [1.165, 1.54) is 9.21 Å². The number of hydrogen-bond acceptors (Lipinski definition) is 6. The molecule has 0 aromatic heterocycles. The van der Waals surface area contributed by atoms with Crippen LogP contribution in [0.15, 0.2) is 84.9 Å². The molecule has 0 radical (unpaired) electrons. The van der Waals surface area contributed by atoms with Gasteiger partial charge in [-0.25, -0.2) is 9.52 Å². The lowest BCUT2D eigenvalue weighted by molar-refractivity contribution is -0.120. The number of benzene rings is 3. The number of urea groups is 1. The smallest absolute Gasteiger partial charge is 0.330 e. The average molecular weight is 566 g/mol. The molecule has 2 N–H and O–H groups in total. The molecule has 3 amide bonds. The Morgan fingerprint density at radius 2 is 1.60 bits per heavy atom. The highest BCUT2D eigenvalue weighted by atomic mass is 32.2. The van der Waals surface area contributed by atoms with Crippen molar-refractivity contribution in [3.05, 3.63) is 96.1 Å². The van der Waals surface area contributed by atoms with Gasteiger partial charge in [0.25, 0.3) is 0 Å². The largest absolute Gasteiger partial charge is 0.497 e. The van der Waals surface area contributed by atoms with Crippen LogP contribution >= 0.6 is 0 Å². The number of nitrogens with one attached hydrogen (secondary N) is 2. The normalized spacial score (nSPS) is 17.0. The fraction of sp³-hybridized carbons (Fsp3) is 0.310. The predicted molar refractivity (Wildman–Crippen MR) is 154 cm³/mol. The van der Waals surface area contributed by atoms with Crippen molar-refractivity contribution in [3.63, 3.8) is 0 Å². The molecule has 3 aromatic rings. The standard InChI is InChI=1S/C29H35N5O5S/c1-32-18-19-34(27(21-32)23-12-8-5-9-13-23)40(37,38)31-29(36)30-26(20-22-10-6-4-7-11-22)28(35)33(2)24-14-16-25(39-3)17-15-24/h4-17,26-27H,18-21H2,1-3H3,(H2,30,31,36)/t26-,27?/m0/s1. The second kappa shape index (κ2) is 12.9. The van der Waals surface area contributed by atoms with E-state index in [0.717, 1.165) is 11.1 Å². The van der Waals surface area contributed by atoms with Crippen LogP contribution < -0.4 is 19.7 Å². The Hall–Kier alpha value is -3.93. The van der Waals surface area contributed by atoms with Gasteiger partial charge < -0.3 is 19.9 Å². The van der Waals surface area contributed by atoms with Gasteiger partial charge >= 0.3 is 16.2 Å². The third-order valence-corrected chi connectivity index (χ3v) is 8.42. The Balaban J connectivity index is 1.52. The van der Waals surface area contributed by atoms with Gasteiger partial charge in [0.1, 0.15) is 11.8 Å². The summed E-state index contributed by atoms with van der Waals surface area (Å²) < 4.78 is 35.5. The van der Waals surface area contributed by atoms with E-state index < -0.39 is 34.2 Å². The topological polar surface area (TPSA) is 111 Å². The zero-order valence-corrected chi connectivity index (χ0v) is 23.7. The predicted octanol–water partition coefficient (Wildman–Crippen LogP) is 2.80. The Kier molecular flexibility index (Phi) is 9.41. The molecular formula is C29H35N5O5S. The molecule has 1 aliphatic heterocycles. The fourth-order valence-electron chi connectivity index (χ4n) is 4.72. The molecule has 1 aliphatic rings. The number of likely N-dealkylation sites (N-methyl/N-ethyl adjacent to an activating group) is 2. The second-order valence-electron chi connectivity index (χ2n) is 9.72. The maximum absolute atomic E-state index is 13.6. The highest BCUT2D eigenvalue weighted by Crippen LogP contribution is 2.27. The van der Waals surface area contributed by atoms with Crippen LogP contribution in [0.3, 0.4) is 0 Å². The number of carbonyl (C=O) groups is 2. The number of carbonyl (C=O) groups excluding carboxylic acids is 2. The number of hydrogen-bond donors (Lipinski definition) is 2. The molecule has 11 heteroatoms. The Morgan fingerprint density at radius 1 is 0.975 bits per heavy atom. The minimum Gasteiger partial charge on any atom is -0.497 e. The molecule has 1 heterocycles. The molecule has 0 saturated carbocycles. The molecular weight excluding hydrogens is 530 g/mol. The highest BCUT2D eigenvalue weighted by Gasteiger charge is 2.37. The van der Waals surface area contributed by atoms with Gasteiger partial charge in [-0.1, -0.05) is 60.7 Å². The van der Waals surface area contributed by atoms with Crippen molar-refractivity contribution in [1.82, 2.24) is 19.2 Å². The first-order valence-corrected chi connectivity index (χ1v) is 14.4. The second-order valence-corrected chi connectivity index (χ2v) is 11.3. The van der Waals surface area contributed by atoms with Crippen LogP contribution in [-0.2, 0) is 21.4 Å². The van der Waals surface area contributed by atoms with Gasteiger partial charge in [0.2, 0.25) is 5.91 Å². The van der Waals surface area contributed by atoms with E-state index in [-0.39, 0.29) is 13.0 Å². The lowest BCUT2D eigenvalue weighted by Crippen LogP contribution is -2.57. The molecule has 0 spiro atoms. The maximum Gasteiger partial charge on any atom is 0.330 e. The van der Waals surface area contributed by atoms with Crippen LogP contribution in [0.2, 0.25) is 0 Å². The van der Waals surface area contributed by atoms with Crippen LogP contribution in [0.5, 0.6) is 5.75 Å². The van der Waals surface area contributed by atoms with Gasteiger partial charge in [0.15, 0.2) is 0 Å². The van der Waals surface area contributed by atoms with Crippen molar-refractivity contribution in [1.29, 1.82) is 0 Å². The molecule has 10 nitrogen and oxygen atoms in total. The first-order chi connectivity index (χ1) is 19.2. The fourth-order valence-corrected chi connectivity index (χ4v) is 5.97. The monoisotopic (exact) mass is 565 g/mol. The molecule has 212 valence electrons. The van der Waals surface area contributed by atoms with E-state index in [1.807, 2.05) is 72.6 Å². The third kappa shape index (κ3) is 7.17. The molecule has 2 atom stereocenters. The summed E-state index contributed by atoms with van der Waals surface area (Å²) in [6, 6.07) is 23.0. The van der Waals surface area contributed by atoms with Gasteiger partial charge in [-0.05, 0) is 42.4 Å². The molecule has 0 aliphatic carbocycles. The van der Waals surface area contributed by atoms with E-state index in [1.54, 1.807) is 38.4 Å². The van der Waals surface area contributed by atoms with Crippen LogP contribution in [-0.4, -0.2) is 76.4 Å². The number of rotatable bonds is 9. The molecule has 1 unspecified atom stereocenters. The lowest BCUT2D eigenvalue weighted by atomic mass is 10.0. The number of nitrogens with zero attached hydrogens (tertiary/aromatic N) is 3. The molecule has 1 saturated heterocycles. The van der Waals surface area contributed by atoms with Gasteiger partial charge in [0.05, 0.1) is 13.2 Å². The number of amides is 3. The number of ether oxygens (including phenoxy) is 1. The van der Waals surface area contributed by atoms with Crippen molar-refractivity contribution >= 4 is 27.8 Å². The summed E-state index contributed by atoms with van der Waals surface area (Å²) in [5, 5.41) is 2.61. The third-order valence-electron chi connectivity index (χ3n) is 6.93. The molecule has 3 aromatic carbocycles. The van der Waals surface area contributed by atoms with Crippen molar-refractivity contribution in [2.45, 2.75) is 18.5 Å². The van der Waals surface area contributed by atoms with Gasteiger partial charge in [0, 0.05) is 38.8 Å². The zero-order valence-electron chi connectivity index (χ0n) is 22.9. The van der Waals surface area contributed by atoms with Crippen LogP contribution in [0.25, 0.3) is 0 Å². The number of piperazine rings is 1. The maximum atomic E-state index is 13.6. The molecule has 1 fully saturated rings. The lowest BCUT2D eigenvalue weighted by Gasteiger charge is -2.39. The summed E-state index contributed by atoms with van der Waals surface area (Å²) in [5.41, 5.74) is 2.25. The van der Waals surface area contributed by atoms with Crippen molar-refractivity contribution in [3.8, 4) is 5.75 Å². The van der Waals surface area contributed by atoms with Gasteiger partial charge in [-0.2, -0.15) is 12.7 Å². The van der Waals surface area contributed by atoms with Gasteiger partial charge in [-0.3, -0.25) is 4.79 Å². The minimum atomic E-state index is -4.22. The SMILES string of the molecule is COc1ccc(N(C)C(=O)[C@H](Cc2ccccc2)NC(=O)NS(=O)(=O)N2CCN(C)CC2c2ccccc2)cc1. The van der Waals surface area contributed by atoms with E-state index in [4.69, 9.17) is 4.74 Å². The van der Waals surface area contributed by atoms with E-state index in [0.29, 0.717) is 24.5 Å². The molecule has 40 heavy (non-hydrogen) atoms. The van der Waals surface area contributed by atoms with Crippen LogP contribution in [0, 0.1) is 0 Å². The van der Waals surface area contributed by atoms with Crippen molar-refractivity contribution in [2.24, 2.45) is 0 Å². The molecule has 0 bridgehead atoms. The van der Waals surface area contributed by atoms with Crippen molar-refractivity contribution in [2.75, 3.05) is 45.7 Å². The summed E-state index contributed by atoms with van der Waals surface area (Å²) >= 11 is 0. The molecule has 4 rings (SSSR count). The Morgan fingerprint density at radius 3 is 2.23 bits per heavy atom. The number of anilines is 1. The summed E-state index contributed by atoms with van der Waals surface area (Å²) in [5.74, 6) is 0.245. The Labute approximate surface area is 235 Å². The quantitative estimate of drug-likeness (QED) is 0.413.